The molecule has 3 aliphatic rings. The van der Waals surface area contributed by atoms with Gasteiger partial charge in [-0.2, -0.15) is 19.6 Å². The second kappa shape index (κ2) is 14.3. The highest BCUT2D eigenvalue weighted by Crippen LogP contribution is 2.26. The van der Waals surface area contributed by atoms with E-state index in [-0.39, 0.29) is 42.9 Å². The molecule has 3 aromatic rings. The van der Waals surface area contributed by atoms with Crippen LogP contribution in [0, 0.1) is 5.92 Å². The van der Waals surface area contributed by atoms with Crippen molar-refractivity contribution in [2.45, 2.75) is 70.7 Å². The molecular weight excluding hydrogens is 576 g/mol. The van der Waals surface area contributed by atoms with Gasteiger partial charge in [-0.05, 0) is 56.0 Å². The number of carbonyl (C=O) groups excluding carboxylic acids is 2. The molecule has 3 fully saturated rings. The fourth-order valence-electron chi connectivity index (χ4n) is 6.11. The summed E-state index contributed by atoms with van der Waals surface area (Å²) < 4.78 is 19.3. The molecule has 2 aromatic heterocycles. The molecule has 0 radical (unpaired) electrons. The molecule has 1 unspecified atom stereocenters. The van der Waals surface area contributed by atoms with Crippen LogP contribution in [0.4, 0.5) is 15.5 Å². The van der Waals surface area contributed by atoms with E-state index >= 15 is 0 Å². The first-order valence-corrected chi connectivity index (χ1v) is 16.2. The Morgan fingerprint density at radius 1 is 1.00 bits per heavy atom. The van der Waals surface area contributed by atoms with Crippen LogP contribution in [0.15, 0.2) is 36.5 Å². The molecule has 0 aliphatic carbocycles. The number of carbonyl (C=O) groups is 2. The second-order valence-corrected chi connectivity index (χ2v) is 12.5. The Bertz CT molecular complexity index is 1440. The molecule has 6 rings (SSSR count). The number of piperidine rings is 2. The highest BCUT2D eigenvalue weighted by molar-refractivity contribution is 5.68. The van der Waals surface area contributed by atoms with E-state index in [0.29, 0.717) is 50.2 Å². The fourth-order valence-corrected chi connectivity index (χ4v) is 6.11. The average molecular weight is 621 g/mol. The predicted octanol–water partition coefficient (Wildman–Crippen LogP) is 4.05. The molecule has 0 saturated carbocycles. The lowest BCUT2D eigenvalue weighted by molar-refractivity contribution is 0.0520. The number of anilines is 1. The van der Waals surface area contributed by atoms with Crippen molar-refractivity contribution in [1.29, 1.82) is 0 Å². The summed E-state index contributed by atoms with van der Waals surface area (Å²) in [5.74, 6) is 1.14. The Balaban J connectivity index is 1.07. The van der Waals surface area contributed by atoms with Gasteiger partial charge in [0, 0.05) is 38.3 Å². The van der Waals surface area contributed by atoms with Crippen molar-refractivity contribution in [3.8, 4) is 6.01 Å². The fraction of sp³-hybridized carbons (Fsp3) is 0.594. The normalized spacial score (nSPS) is 20.9. The highest BCUT2D eigenvalue weighted by Gasteiger charge is 2.29. The van der Waals surface area contributed by atoms with E-state index < -0.39 is 0 Å². The lowest BCUT2D eigenvalue weighted by atomic mass is 9.97. The molecule has 2 atom stereocenters. The van der Waals surface area contributed by atoms with Crippen LogP contribution in [0.5, 0.6) is 6.01 Å². The van der Waals surface area contributed by atoms with E-state index in [1.165, 1.54) is 0 Å². The highest BCUT2D eigenvalue weighted by atomic mass is 16.6. The minimum Gasteiger partial charge on any atom is -0.458 e. The zero-order valence-corrected chi connectivity index (χ0v) is 26.2. The lowest BCUT2D eigenvalue weighted by Gasteiger charge is -2.32. The second-order valence-electron chi connectivity index (χ2n) is 12.5. The van der Waals surface area contributed by atoms with Gasteiger partial charge >= 0.3 is 18.2 Å². The van der Waals surface area contributed by atoms with E-state index in [1.807, 2.05) is 41.4 Å². The van der Waals surface area contributed by atoms with E-state index in [2.05, 4.69) is 29.6 Å². The van der Waals surface area contributed by atoms with Crippen LogP contribution in [0.3, 0.4) is 0 Å². The third kappa shape index (κ3) is 7.75. The van der Waals surface area contributed by atoms with Crippen molar-refractivity contribution in [3.63, 3.8) is 0 Å². The number of ether oxygens (including phenoxy) is 3. The third-order valence-electron chi connectivity index (χ3n) is 8.81. The van der Waals surface area contributed by atoms with E-state index in [1.54, 1.807) is 9.42 Å². The number of nitrogens with zero attached hydrogens (tertiary/aromatic N) is 6. The summed E-state index contributed by atoms with van der Waals surface area (Å²) >= 11 is 0. The van der Waals surface area contributed by atoms with Crippen LogP contribution in [0.2, 0.25) is 0 Å². The van der Waals surface area contributed by atoms with Gasteiger partial charge in [-0.25, -0.2) is 9.59 Å². The van der Waals surface area contributed by atoms with Crippen molar-refractivity contribution in [2.24, 2.45) is 5.92 Å². The van der Waals surface area contributed by atoms with E-state index in [9.17, 15) is 9.59 Å². The summed E-state index contributed by atoms with van der Waals surface area (Å²) in [5, 5.41) is 11.3. The van der Waals surface area contributed by atoms with Crippen LogP contribution < -0.4 is 15.4 Å². The summed E-state index contributed by atoms with van der Waals surface area (Å²) in [4.78, 5) is 38.4. The zero-order chi connectivity index (χ0) is 31.2. The molecule has 13 heteroatoms. The number of aromatic nitrogens is 4. The van der Waals surface area contributed by atoms with Crippen LogP contribution >= 0.6 is 0 Å². The SMILES string of the molecule is CC(C)c1cnn2c(NCC3CCN(C(=O)OC4CCNC4)CC3)nc(O[C@@H]3CCCN(C(=O)OCc4ccccc4)C3)nc12. The molecule has 1 aromatic carbocycles. The minimum absolute atomic E-state index is 0.0246. The van der Waals surface area contributed by atoms with Crippen LogP contribution in [0.25, 0.3) is 5.65 Å². The van der Waals surface area contributed by atoms with Gasteiger partial charge in [-0.1, -0.05) is 44.2 Å². The molecular formula is C32H44N8O5. The standard InChI is InChI=1S/C32H44N8O5/c1-22(2)27-19-35-40-28(27)36-30(44-26-9-6-14-39(20-26)31(41)43-21-24-7-4-3-5-8-24)37-29(40)34-17-23-11-15-38(16-12-23)32(42)45-25-10-13-33-18-25/h3-5,7-8,19,22-23,25-26,33H,6,9-18,20-21H2,1-2H3,(H,34,36,37)/t25?,26-/m1/s1. The molecule has 5 heterocycles. The number of hydrogen-bond acceptors (Lipinski definition) is 10. The number of benzene rings is 1. The van der Waals surface area contributed by atoms with Gasteiger partial charge in [0.25, 0.3) is 0 Å². The van der Waals surface area contributed by atoms with Crippen molar-refractivity contribution < 1.29 is 23.8 Å². The molecule has 242 valence electrons. The van der Waals surface area contributed by atoms with Crippen molar-refractivity contribution in [3.05, 3.63) is 47.7 Å². The van der Waals surface area contributed by atoms with Gasteiger partial charge in [-0.15, -0.1) is 0 Å². The molecule has 13 nitrogen and oxygen atoms in total. The van der Waals surface area contributed by atoms with Gasteiger partial charge in [-0.3, -0.25) is 0 Å². The zero-order valence-electron chi connectivity index (χ0n) is 26.2. The first kappa shape index (κ1) is 30.9. The largest absolute Gasteiger partial charge is 0.458 e. The Morgan fingerprint density at radius 3 is 2.58 bits per heavy atom. The smallest absolute Gasteiger partial charge is 0.410 e. The van der Waals surface area contributed by atoms with Crippen LogP contribution in [-0.2, 0) is 16.1 Å². The Morgan fingerprint density at radius 2 is 1.82 bits per heavy atom. The first-order chi connectivity index (χ1) is 21.9. The first-order valence-electron chi connectivity index (χ1n) is 16.2. The lowest BCUT2D eigenvalue weighted by Crippen LogP contribution is -2.44. The molecule has 2 N–H and O–H groups in total. The van der Waals surface area contributed by atoms with Gasteiger partial charge in [0.05, 0.1) is 12.7 Å². The predicted molar refractivity (Wildman–Crippen MR) is 167 cm³/mol. The summed E-state index contributed by atoms with van der Waals surface area (Å²) in [7, 11) is 0. The van der Waals surface area contributed by atoms with Crippen molar-refractivity contribution in [2.75, 3.05) is 51.1 Å². The van der Waals surface area contributed by atoms with E-state index in [4.69, 9.17) is 24.2 Å². The van der Waals surface area contributed by atoms with Gasteiger partial charge in [0.15, 0.2) is 5.65 Å². The van der Waals surface area contributed by atoms with E-state index in [0.717, 1.165) is 56.3 Å². The topological polar surface area (TPSA) is 135 Å². The number of nitrogens with one attached hydrogen (secondary N) is 2. The summed E-state index contributed by atoms with van der Waals surface area (Å²) in [5.41, 5.74) is 2.65. The molecule has 0 bridgehead atoms. The average Bonchev–Trinajstić information content (AvgIpc) is 3.74. The summed E-state index contributed by atoms with van der Waals surface area (Å²) in [6.45, 7) is 9.12. The number of hydrogen-bond donors (Lipinski definition) is 2. The van der Waals surface area contributed by atoms with Crippen molar-refractivity contribution in [1.82, 2.24) is 34.7 Å². The molecule has 3 saturated heterocycles. The van der Waals surface area contributed by atoms with Gasteiger partial charge < -0.3 is 34.6 Å². The molecule has 45 heavy (non-hydrogen) atoms. The van der Waals surface area contributed by atoms with Crippen LogP contribution in [-0.4, -0.2) is 99.6 Å². The third-order valence-corrected chi connectivity index (χ3v) is 8.81. The Kier molecular flexibility index (Phi) is 9.82. The number of likely N-dealkylation sites (tertiary alicyclic amines) is 2. The quantitative estimate of drug-likeness (QED) is 0.361. The molecule has 3 aliphatic heterocycles. The maximum absolute atomic E-state index is 12.8. The van der Waals surface area contributed by atoms with Gasteiger partial charge in [0.2, 0.25) is 5.95 Å². The maximum Gasteiger partial charge on any atom is 0.410 e. The summed E-state index contributed by atoms with van der Waals surface area (Å²) in [6.07, 6.45) is 5.19. The number of fused-ring (bicyclic) bond motifs is 1. The number of rotatable bonds is 9. The van der Waals surface area contributed by atoms with Gasteiger partial charge in [0.1, 0.15) is 18.8 Å². The maximum atomic E-state index is 12.8. The monoisotopic (exact) mass is 620 g/mol. The minimum atomic E-state index is -0.349. The van der Waals surface area contributed by atoms with Crippen LogP contribution in [0.1, 0.15) is 63.0 Å². The molecule has 2 amide bonds. The number of amides is 2. The Labute approximate surface area is 263 Å². The summed E-state index contributed by atoms with van der Waals surface area (Å²) in [6, 6.07) is 9.92. The molecule has 0 spiro atoms. The Hall–Kier alpha value is -4.13. The van der Waals surface area contributed by atoms with Crippen molar-refractivity contribution >= 4 is 23.8 Å².